The van der Waals surface area contributed by atoms with Crippen LogP contribution in [0.5, 0.6) is 0 Å². The maximum absolute atomic E-state index is 12.6. The molecule has 3 atom stereocenters. The van der Waals surface area contributed by atoms with Gasteiger partial charge in [0, 0.05) is 13.0 Å². The molecule has 3 unspecified atom stereocenters. The van der Waals surface area contributed by atoms with Gasteiger partial charge in [-0.2, -0.15) is 0 Å². The first-order chi connectivity index (χ1) is 28.8. The summed E-state index contributed by atoms with van der Waals surface area (Å²) in [5.41, 5.74) is 0. The zero-order chi connectivity index (χ0) is 43.2. The van der Waals surface area contributed by atoms with Gasteiger partial charge in [0.15, 0.2) is 0 Å². The highest BCUT2D eigenvalue weighted by Crippen LogP contribution is 2.43. The van der Waals surface area contributed by atoms with Crippen molar-refractivity contribution in [1.29, 1.82) is 0 Å². The van der Waals surface area contributed by atoms with Gasteiger partial charge in [-0.15, -0.1) is 0 Å². The number of rotatable bonds is 47. The van der Waals surface area contributed by atoms with Gasteiger partial charge < -0.3 is 24.6 Å². The molecule has 0 radical (unpaired) electrons. The second-order valence-corrected chi connectivity index (χ2v) is 17.9. The third kappa shape index (κ3) is 46.0. The molecule has 10 heteroatoms. The molecule has 0 amide bonds. The van der Waals surface area contributed by atoms with Crippen molar-refractivity contribution in [3.63, 3.8) is 0 Å². The van der Waals surface area contributed by atoms with E-state index < -0.39 is 39.2 Å². The Morgan fingerprint density at radius 3 is 1.37 bits per heavy atom. The standard InChI is InChI=1S/C49H93O9P/c1-3-5-7-9-11-13-15-17-19-21-22-23-24-25-26-28-30-32-34-36-38-40-42-55-45-48(46-57-59(53,54)56-44-47(51)43-50)58-49(52)41-39-37-35-33-31-29-27-20-18-16-14-12-10-8-6-4-2/h15,17,20-22,27,47-48,50-51H,3-14,16,18-19,23-26,28-46H2,1-2H3,(H,53,54)/b17-15-,22-21-,27-20-. The van der Waals surface area contributed by atoms with E-state index in [1.165, 1.54) is 141 Å². The number of ether oxygens (including phenoxy) is 2. The molecule has 0 heterocycles. The number of hydrogen-bond donors (Lipinski definition) is 3. The van der Waals surface area contributed by atoms with E-state index in [0.29, 0.717) is 6.61 Å². The first kappa shape index (κ1) is 57.7. The van der Waals surface area contributed by atoms with Gasteiger partial charge in [0.05, 0.1) is 26.4 Å². The maximum Gasteiger partial charge on any atom is 0.472 e. The lowest BCUT2D eigenvalue weighted by atomic mass is 10.1. The number of unbranched alkanes of at least 4 members (excludes halogenated alkanes) is 27. The van der Waals surface area contributed by atoms with Crippen molar-refractivity contribution in [3.8, 4) is 0 Å². The van der Waals surface area contributed by atoms with Crippen LogP contribution in [0.25, 0.3) is 0 Å². The third-order valence-electron chi connectivity index (χ3n) is 10.5. The molecular formula is C49H93O9P. The molecule has 59 heavy (non-hydrogen) atoms. The van der Waals surface area contributed by atoms with Gasteiger partial charge >= 0.3 is 13.8 Å². The molecule has 0 aliphatic heterocycles. The van der Waals surface area contributed by atoms with Gasteiger partial charge in [0.1, 0.15) is 12.2 Å². The first-order valence-corrected chi connectivity index (χ1v) is 26.0. The van der Waals surface area contributed by atoms with Crippen LogP contribution in [0.4, 0.5) is 0 Å². The fourth-order valence-electron chi connectivity index (χ4n) is 6.79. The summed E-state index contributed by atoms with van der Waals surface area (Å²) in [6.45, 7) is 3.52. The summed E-state index contributed by atoms with van der Waals surface area (Å²) in [6.07, 6.45) is 51.0. The Morgan fingerprint density at radius 1 is 0.525 bits per heavy atom. The Hall–Kier alpha value is -1.32. The van der Waals surface area contributed by atoms with Gasteiger partial charge in [0.25, 0.3) is 0 Å². The largest absolute Gasteiger partial charge is 0.472 e. The van der Waals surface area contributed by atoms with Crippen LogP contribution in [0, 0.1) is 0 Å². The van der Waals surface area contributed by atoms with Crippen molar-refractivity contribution in [2.45, 2.75) is 238 Å². The molecule has 0 aromatic heterocycles. The van der Waals surface area contributed by atoms with Crippen molar-refractivity contribution in [3.05, 3.63) is 36.5 Å². The maximum atomic E-state index is 12.6. The van der Waals surface area contributed by atoms with Crippen LogP contribution in [0.2, 0.25) is 0 Å². The molecule has 0 aliphatic carbocycles. The molecule has 0 fully saturated rings. The van der Waals surface area contributed by atoms with Crippen LogP contribution in [0.15, 0.2) is 36.5 Å². The van der Waals surface area contributed by atoms with E-state index in [4.69, 9.17) is 23.6 Å². The number of esters is 1. The molecule has 0 aromatic carbocycles. The van der Waals surface area contributed by atoms with Crippen LogP contribution >= 0.6 is 7.82 Å². The summed E-state index contributed by atoms with van der Waals surface area (Å²) in [6, 6.07) is 0. The van der Waals surface area contributed by atoms with E-state index in [1.807, 2.05) is 0 Å². The average Bonchev–Trinajstić information content (AvgIpc) is 3.23. The molecule has 0 bridgehead atoms. The van der Waals surface area contributed by atoms with Gasteiger partial charge in [-0.05, 0) is 70.6 Å². The summed E-state index contributed by atoms with van der Waals surface area (Å²) in [4.78, 5) is 22.6. The average molecular weight is 857 g/mol. The summed E-state index contributed by atoms with van der Waals surface area (Å²) in [5.74, 6) is -0.390. The second-order valence-electron chi connectivity index (χ2n) is 16.5. The minimum absolute atomic E-state index is 0.0452. The van der Waals surface area contributed by atoms with Gasteiger partial charge in [-0.25, -0.2) is 4.57 Å². The summed E-state index contributed by atoms with van der Waals surface area (Å²) in [7, 11) is -4.52. The SMILES string of the molecule is CCCCCCC/C=C\C/C=C\CCCCCCCCCCCCOCC(COP(=O)(O)OCC(O)CO)OC(=O)CCCCCCC/C=C\CCCCCCCCC. The quantitative estimate of drug-likeness (QED) is 0.0237. The Morgan fingerprint density at radius 2 is 0.915 bits per heavy atom. The number of hydrogen-bond acceptors (Lipinski definition) is 8. The second kappa shape index (κ2) is 46.2. The lowest BCUT2D eigenvalue weighted by Crippen LogP contribution is -2.29. The zero-order valence-corrected chi connectivity index (χ0v) is 39.1. The highest BCUT2D eigenvalue weighted by molar-refractivity contribution is 7.47. The zero-order valence-electron chi connectivity index (χ0n) is 38.2. The summed E-state index contributed by atoms with van der Waals surface area (Å²) < 4.78 is 33.5. The molecule has 348 valence electrons. The van der Waals surface area contributed by atoms with E-state index in [9.17, 15) is 19.4 Å². The number of allylic oxidation sites excluding steroid dienone is 6. The molecule has 0 saturated heterocycles. The van der Waals surface area contributed by atoms with Crippen molar-refractivity contribution in [2.24, 2.45) is 0 Å². The van der Waals surface area contributed by atoms with Crippen molar-refractivity contribution in [1.82, 2.24) is 0 Å². The molecule has 0 saturated carbocycles. The fraction of sp³-hybridized carbons (Fsp3) is 0.857. The number of carbonyl (C=O) groups excluding carboxylic acids is 1. The van der Waals surface area contributed by atoms with E-state index in [-0.39, 0.29) is 19.6 Å². The third-order valence-corrected chi connectivity index (χ3v) is 11.5. The monoisotopic (exact) mass is 857 g/mol. The van der Waals surface area contributed by atoms with Gasteiger partial charge in [-0.3, -0.25) is 13.8 Å². The normalized spacial score (nSPS) is 14.2. The molecule has 0 rings (SSSR count). The topological polar surface area (TPSA) is 132 Å². The minimum Gasteiger partial charge on any atom is -0.457 e. The van der Waals surface area contributed by atoms with Crippen molar-refractivity contribution in [2.75, 3.05) is 33.0 Å². The number of aliphatic hydroxyl groups is 2. The number of aliphatic hydroxyl groups excluding tert-OH is 2. The smallest absolute Gasteiger partial charge is 0.457 e. The van der Waals surface area contributed by atoms with Crippen LogP contribution in [-0.4, -0.2) is 66.3 Å². The number of phosphoric ester groups is 1. The van der Waals surface area contributed by atoms with E-state index >= 15 is 0 Å². The summed E-state index contributed by atoms with van der Waals surface area (Å²) in [5, 5.41) is 18.4. The molecule has 0 aromatic rings. The van der Waals surface area contributed by atoms with E-state index in [0.717, 1.165) is 64.2 Å². The van der Waals surface area contributed by atoms with Crippen LogP contribution in [-0.2, 0) is 27.9 Å². The van der Waals surface area contributed by atoms with Gasteiger partial charge in [0.2, 0.25) is 0 Å². The Balaban J connectivity index is 4.09. The molecule has 0 spiro atoms. The van der Waals surface area contributed by atoms with Crippen LogP contribution in [0.3, 0.4) is 0 Å². The van der Waals surface area contributed by atoms with Gasteiger partial charge in [-0.1, -0.05) is 185 Å². The van der Waals surface area contributed by atoms with Crippen molar-refractivity contribution < 1.29 is 43.0 Å². The first-order valence-electron chi connectivity index (χ1n) is 24.5. The molecule has 3 N–H and O–H groups in total. The van der Waals surface area contributed by atoms with Crippen LogP contribution in [0.1, 0.15) is 226 Å². The fourth-order valence-corrected chi connectivity index (χ4v) is 7.58. The predicted molar refractivity (Wildman–Crippen MR) is 247 cm³/mol. The van der Waals surface area contributed by atoms with E-state index in [2.05, 4.69) is 50.3 Å². The molecule has 0 aliphatic rings. The minimum atomic E-state index is -4.52. The Bertz CT molecular complexity index is 1020. The van der Waals surface area contributed by atoms with Crippen LogP contribution < -0.4 is 0 Å². The van der Waals surface area contributed by atoms with Crippen molar-refractivity contribution >= 4 is 13.8 Å². The Kier molecular flexibility index (Phi) is 45.2. The molecular weight excluding hydrogens is 764 g/mol. The lowest BCUT2D eigenvalue weighted by molar-refractivity contribution is -0.154. The predicted octanol–water partition coefficient (Wildman–Crippen LogP) is 14.0. The highest BCUT2D eigenvalue weighted by atomic mass is 31.2. The Labute approximate surface area is 363 Å². The number of phosphoric acid groups is 1. The highest BCUT2D eigenvalue weighted by Gasteiger charge is 2.26. The van der Waals surface area contributed by atoms with E-state index in [1.54, 1.807) is 0 Å². The number of carbonyl (C=O) groups is 1. The summed E-state index contributed by atoms with van der Waals surface area (Å²) >= 11 is 0. The molecule has 9 nitrogen and oxygen atoms in total. The lowest BCUT2D eigenvalue weighted by Gasteiger charge is -2.20.